The second kappa shape index (κ2) is 6.66. The molecule has 2 rings (SSSR count). The molecule has 8 heteroatoms. The number of halogens is 2. The number of anilines is 1. The van der Waals surface area contributed by atoms with Gasteiger partial charge in [-0.2, -0.15) is 0 Å². The van der Waals surface area contributed by atoms with Crippen molar-refractivity contribution in [1.29, 1.82) is 0 Å². The van der Waals surface area contributed by atoms with Gasteiger partial charge in [-0.3, -0.25) is 9.78 Å². The third kappa shape index (κ3) is 4.43. The molecule has 2 aromatic rings. The van der Waals surface area contributed by atoms with E-state index in [4.69, 9.17) is 0 Å². The van der Waals surface area contributed by atoms with Crippen LogP contribution in [0.2, 0.25) is 0 Å². The lowest BCUT2D eigenvalue weighted by atomic mass is 10.3. The van der Waals surface area contributed by atoms with E-state index in [1.807, 2.05) is 0 Å². The summed E-state index contributed by atoms with van der Waals surface area (Å²) in [5.41, 5.74) is 0.343. The van der Waals surface area contributed by atoms with E-state index in [9.17, 15) is 22.0 Å². The predicted molar refractivity (Wildman–Crippen MR) is 81.4 cm³/mol. The van der Waals surface area contributed by atoms with Crippen molar-refractivity contribution in [2.75, 3.05) is 11.6 Å². The number of rotatable bonds is 4. The Morgan fingerprint density at radius 1 is 1.22 bits per heavy atom. The molecule has 23 heavy (non-hydrogen) atoms. The molecule has 1 amide bonds. The number of hydrogen-bond acceptors (Lipinski definition) is 4. The first kappa shape index (κ1) is 16.8. The van der Waals surface area contributed by atoms with Gasteiger partial charge in [0.05, 0.1) is 5.69 Å². The summed E-state index contributed by atoms with van der Waals surface area (Å²) in [6.07, 6.45) is 4.81. The van der Waals surface area contributed by atoms with Crippen LogP contribution >= 0.6 is 0 Å². The number of nitrogens with zero attached hydrogens (tertiary/aromatic N) is 1. The van der Waals surface area contributed by atoms with Gasteiger partial charge in [-0.05, 0) is 30.3 Å². The van der Waals surface area contributed by atoms with Crippen LogP contribution in [0.3, 0.4) is 0 Å². The molecule has 1 N–H and O–H groups in total. The zero-order valence-electron chi connectivity index (χ0n) is 12.0. The number of amides is 1. The molecule has 0 saturated heterocycles. The zero-order chi connectivity index (χ0) is 17.0. The highest BCUT2D eigenvalue weighted by Crippen LogP contribution is 2.23. The van der Waals surface area contributed by atoms with Gasteiger partial charge in [0.2, 0.25) is 5.91 Å². The van der Waals surface area contributed by atoms with Crippen LogP contribution in [0.15, 0.2) is 47.5 Å². The molecule has 0 radical (unpaired) electrons. The van der Waals surface area contributed by atoms with Crippen molar-refractivity contribution >= 4 is 27.5 Å². The van der Waals surface area contributed by atoms with Crippen LogP contribution in [-0.4, -0.2) is 25.6 Å². The Hall–Kier alpha value is -2.61. The van der Waals surface area contributed by atoms with Crippen LogP contribution < -0.4 is 5.32 Å². The summed E-state index contributed by atoms with van der Waals surface area (Å²) in [7, 11) is -4.04. The fourth-order valence-corrected chi connectivity index (χ4v) is 2.63. The van der Waals surface area contributed by atoms with E-state index in [-0.39, 0.29) is 5.69 Å². The summed E-state index contributed by atoms with van der Waals surface area (Å²) >= 11 is 0. The molecule has 0 bridgehead atoms. The van der Waals surface area contributed by atoms with Gasteiger partial charge in [0.1, 0.15) is 16.5 Å². The number of aromatic nitrogens is 1. The third-order valence-corrected chi connectivity index (χ3v) is 3.86. The summed E-state index contributed by atoms with van der Waals surface area (Å²) in [4.78, 5) is 14.6. The minimum Gasteiger partial charge on any atom is -0.322 e. The standard InChI is InChI=1S/C15H12F2N2O3S/c1-23(21,22)15-12(16)8-11(9-13(15)17)19-14(20)6-5-10-4-2-3-7-18-10/h2-9H,1H3,(H,19,20)/b6-5-. The second-order valence-corrected chi connectivity index (χ2v) is 6.57. The summed E-state index contributed by atoms with van der Waals surface area (Å²) in [5, 5.41) is 2.24. The van der Waals surface area contributed by atoms with E-state index >= 15 is 0 Å². The molecule has 1 heterocycles. The fraction of sp³-hybridized carbons (Fsp3) is 0.0667. The number of carbonyl (C=O) groups is 1. The van der Waals surface area contributed by atoms with Gasteiger partial charge in [-0.15, -0.1) is 0 Å². The van der Waals surface area contributed by atoms with Gasteiger partial charge in [0.25, 0.3) is 0 Å². The summed E-state index contributed by atoms with van der Waals surface area (Å²) in [6.45, 7) is 0. The molecule has 0 atom stereocenters. The number of sulfone groups is 1. The Morgan fingerprint density at radius 3 is 2.39 bits per heavy atom. The highest BCUT2D eigenvalue weighted by molar-refractivity contribution is 7.90. The van der Waals surface area contributed by atoms with Gasteiger partial charge in [-0.1, -0.05) is 6.07 Å². The molecule has 0 spiro atoms. The van der Waals surface area contributed by atoms with Gasteiger partial charge in [0, 0.05) is 24.2 Å². The van der Waals surface area contributed by atoms with E-state index in [0.29, 0.717) is 11.9 Å². The van der Waals surface area contributed by atoms with Gasteiger partial charge in [-0.25, -0.2) is 17.2 Å². The van der Waals surface area contributed by atoms with Crippen molar-refractivity contribution in [1.82, 2.24) is 4.98 Å². The van der Waals surface area contributed by atoms with Crippen molar-refractivity contribution < 1.29 is 22.0 Å². The molecule has 0 fully saturated rings. The van der Waals surface area contributed by atoms with Gasteiger partial charge >= 0.3 is 0 Å². The number of pyridine rings is 1. The molecule has 0 saturated carbocycles. The minimum atomic E-state index is -4.04. The summed E-state index contributed by atoms with van der Waals surface area (Å²) in [6, 6.07) is 6.60. The largest absolute Gasteiger partial charge is 0.322 e. The van der Waals surface area contributed by atoms with Crippen molar-refractivity contribution in [3.63, 3.8) is 0 Å². The number of carbonyl (C=O) groups excluding carboxylic acids is 1. The quantitative estimate of drug-likeness (QED) is 0.869. The van der Waals surface area contributed by atoms with E-state index in [2.05, 4.69) is 10.3 Å². The van der Waals surface area contributed by atoms with Crippen LogP contribution in [0.25, 0.3) is 6.08 Å². The molecular formula is C15H12F2N2O3S. The monoisotopic (exact) mass is 338 g/mol. The second-order valence-electron chi connectivity index (χ2n) is 4.62. The topological polar surface area (TPSA) is 76.1 Å². The predicted octanol–water partition coefficient (Wildman–Crippen LogP) is 2.42. The Labute approximate surface area is 131 Å². The van der Waals surface area contributed by atoms with Crippen molar-refractivity contribution in [2.24, 2.45) is 0 Å². The number of nitrogens with one attached hydrogen (secondary N) is 1. The highest BCUT2D eigenvalue weighted by Gasteiger charge is 2.20. The van der Waals surface area contributed by atoms with Crippen molar-refractivity contribution in [3.05, 3.63) is 59.9 Å². The van der Waals surface area contributed by atoms with Gasteiger partial charge < -0.3 is 5.32 Å². The fourth-order valence-electron chi connectivity index (χ4n) is 1.81. The van der Waals surface area contributed by atoms with Crippen LogP contribution in [0.4, 0.5) is 14.5 Å². The van der Waals surface area contributed by atoms with Crippen molar-refractivity contribution in [2.45, 2.75) is 4.90 Å². The average molecular weight is 338 g/mol. The van der Waals surface area contributed by atoms with Crippen LogP contribution in [0.5, 0.6) is 0 Å². The first-order valence-corrected chi connectivity index (χ1v) is 8.26. The molecule has 120 valence electrons. The van der Waals surface area contributed by atoms with E-state index < -0.39 is 32.3 Å². The smallest absolute Gasteiger partial charge is 0.248 e. The summed E-state index contributed by atoms with van der Waals surface area (Å²) < 4.78 is 50.0. The Bertz CT molecular complexity index is 843. The Balaban J connectivity index is 2.18. The lowest BCUT2D eigenvalue weighted by molar-refractivity contribution is -0.111. The third-order valence-electron chi connectivity index (χ3n) is 2.73. The van der Waals surface area contributed by atoms with Crippen LogP contribution in [0.1, 0.15) is 5.69 Å². The number of hydrogen-bond donors (Lipinski definition) is 1. The van der Waals surface area contributed by atoms with Crippen LogP contribution in [0, 0.1) is 11.6 Å². The Morgan fingerprint density at radius 2 is 1.87 bits per heavy atom. The maximum absolute atomic E-state index is 13.7. The maximum atomic E-state index is 13.7. The van der Waals surface area contributed by atoms with Crippen LogP contribution in [-0.2, 0) is 14.6 Å². The molecular weight excluding hydrogens is 326 g/mol. The minimum absolute atomic E-state index is 0.192. The molecule has 0 unspecified atom stereocenters. The van der Waals surface area contributed by atoms with E-state index in [1.54, 1.807) is 24.4 Å². The van der Waals surface area contributed by atoms with E-state index in [1.165, 1.54) is 6.08 Å². The first-order valence-electron chi connectivity index (χ1n) is 6.36. The summed E-state index contributed by atoms with van der Waals surface area (Å²) in [5.74, 6) is -3.17. The number of benzene rings is 1. The molecule has 1 aromatic heterocycles. The molecule has 0 aliphatic rings. The first-order chi connectivity index (χ1) is 10.8. The highest BCUT2D eigenvalue weighted by atomic mass is 32.2. The molecule has 0 aliphatic carbocycles. The van der Waals surface area contributed by atoms with E-state index in [0.717, 1.165) is 18.2 Å². The Kier molecular flexibility index (Phi) is 4.85. The molecule has 5 nitrogen and oxygen atoms in total. The van der Waals surface area contributed by atoms with Gasteiger partial charge in [0.15, 0.2) is 9.84 Å². The molecule has 1 aromatic carbocycles. The van der Waals surface area contributed by atoms with Crippen molar-refractivity contribution in [3.8, 4) is 0 Å². The zero-order valence-corrected chi connectivity index (χ0v) is 12.8. The normalized spacial score (nSPS) is 11.6. The lowest BCUT2D eigenvalue weighted by Crippen LogP contribution is -2.11. The average Bonchev–Trinajstić information content (AvgIpc) is 2.44. The molecule has 0 aliphatic heterocycles. The lowest BCUT2D eigenvalue weighted by Gasteiger charge is -2.07. The SMILES string of the molecule is CS(=O)(=O)c1c(F)cc(NC(=O)/C=C\c2ccccn2)cc1F. The maximum Gasteiger partial charge on any atom is 0.248 e.